The predicted molar refractivity (Wildman–Crippen MR) is 87.6 cm³/mol. The van der Waals surface area contributed by atoms with Gasteiger partial charge >= 0.3 is 0 Å². The second-order valence-electron chi connectivity index (χ2n) is 5.76. The number of hydrogen-bond acceptors (Lipinski definition) is 3. The van der Waals surface area contributed by atoms with Crippen LogP contribution in [-0.4, -0.2) is 16.6 Å². The molecule has 1 fully saturated rings. The zero-order valence-corrected chi connectivity index (χ0v) is 14.9. The lowest BCUT2D eigenvalue weighted by Gasteiger charge is -2.36. The van der Waals surface area contributed by atoms with Crippen molar-refractivity contribution in [2.75, 3.05) is 6.61 Å². The molecule has 2 rings (SSSR count). The quantitative estimate of drug-likeness (QED) is 0.749. The van der Waals surface area contributed by atoms with E-state index in [4.69, 9.17) is 17.0 Å². The smallest absolute Gasteiger partial charge is 0.144 e. The molecule has 3 nitrogen and oxygen atoms in total. The van der Waals surface area contributed by atoms with Crippen LogP contribution >= 0.6 is 28.1 Å². The van der Waals surface area contributed by atoms with Crippen LogP contribution in [0.5, 0.6) is 0 Å². The lowest BCUT2D eigenvalue weighted by atomic mass is 9.83. The number of ether oxygens (including phenoxy) is 1. The molecule has 0 aromatic carbocycles. The molecule has 0 bridgehead atoms. The van der Waals surface area contributed by atoms with Crippen molar-refractivity contribution in [1.82, 2.24) is 9.97 Å². The van der Waals surface area contributed by atoms with Gasteiger partial charge in [-0.25, -0.2) is 4.98 Å². The zero-order chi connectivity index (χ0) is 14.8. The second-order valence-corrected chi connectivity index (χ2v) is 6.94. The SMILES string of the molecule is CCOC1(c2nc(=S)c(Br)c(C(C)C)[nH]2)CCCCC1. The van der Waals surface area contributed by atoms with Crippen LogP contribution < -0.4 is 0 Å². The van der Waals surface area contributed by atoms with E-state index in [0.29, 0.717) is 17.2 Å². The molecule has 112 valence electrons. The van der Waals surface area contributed by atoms with E-state index < -0.39 is 0 Å². The van der Waals surface area contributed by atoms with Crippen molar-refractivity contribution in [1.29, 1.82) is 0 Å². The van der Waals surface area contributed by atoms with Crippen LogP contribution in [0.3, 0.4) is 0 Å². The minimum absolute atomic E-state index is 0.273. The lowest BCUT2D eigenvalue weighted by molar-refractivity contribution is -0.0769. The van der Waals surface area contributed by atoms with Crippen molar-refractivity contribution in [3.8, 4) is 0 Å². The Kier molecular flexibility index (Phi) is 5.37. The van der Waals surface area contributed by atoms with Crippen molar-refractivity contribution in [2.24, 2.45) is 0 Å². The van der Waals surface area contributed by atoms with Crippen LogP contribution in [0.15, 0.2) is 4.47 Å². The van der Waals surface area contributed by atoms with Crippen molar-refractivity contribution in [2.45, 2.75) is 64.4 Å². The van der Waals surface area contributed by atoms with E-state index >= 15 is 0 Å². The van der Waals surface area contributed by atoms with Crippen molar-refractivity contribution < 1.29 is 4.74 Å². The molecule has 1 aliphatic rings. The first-order valence-electron chi connectivity index (χ1n) is 7.44. The topological polar surface area (TPSA) is 37.9 Å². The minimum atomic E-state index is -0.273. The molecule has 1 heterocycles. The summed E-state index contributed by atoms with van der Waals surface area (Å²) in [4.78, 5) is 8.12. The summed E-state index contributed by atoms with van der Waals surface area (Å²) in [6.07, 6.45) is 5.71. The number of rotatable bonds is 4. The molecule has 0 saturated heterocycles. The Morgan fingerprint density at radius 3 is 2.55 bits per heavy atom. The molecule has 1 aliphatic carbocycles. The number of aromatic amines is 1. The Bertz CT molecular complexity index is 516. The Morgan fingerprint density at radius 2 is 2.00 bits per heavy atom. The number of aromatic nitrogens is 2. The third-order valence-electron chi connectivity index (χ3n) is 3.98. The van der Waals surface area contributed by atoms with Crippen molar-refractivity contribution >= 4 is 28.1 Å². The van der Waals surface area contributed by atoms with E-state index in [2.05, 4.69) is 39.7 Å². The molecular formula is C15H23BrN2OS. The average Bonchev–Trinajstić information content (AvgIpc) is 2.42. The van der Waals surface area contributed by atoms with E-state index in [0.717, 1.165) is 28.8 Å². The molecule has 1 N–H and O–H groups in total. The van der Waals surface area contributed by atoms with Gasteiger partial charge in [-0.2, -0.15) is 0 Å². The number of nitrogens with one attached hydrogen (secondary N) is 1. The third-order valence-corrected chi connectivity index (χ3v) is 5.34. The van der Waals surface area contributed by atoms with Crippen LogP contribution in [0, 0.1) is 4.64 Å². The van der Waals surface area contributed by atoms with Gasteiger partial charge in [0.15, 0.2) is 0 Å². The molecular weight excluding hydrogens is 336 g/mol. The fourth-order valence-electron chi connectivity index (χ4n) is 2.94. The first-order valence-corrected chi connectivity index (χ1v) is 8.64. The summed E-state index contributed by atoms with van der Waals surface area (Å²) < 4.78 is 7.67. The molecule has 0 amide bonds. The normalized spacial score (nSPS) is 18.4. The summed E-state index contributed by atoms with van der Waals surface area (Å²) in [5.74, 6) is 1.28. The van der Waals surface area contributed by atoms with Crippen LogP contribution in [0.1, 0.15) is 70.3 Å². The van der Waals surface area contributed by atoms with Crippen molar-refractivity contribution in [3.05, 3.63) is 20.6 Å². The second kappa shape index (κ2) is 6.67. The van der Waals surface area contributed by atoms with E-state index in [1.807, 2.05) is 6.92 Å². The minimum Gasteiger partial charge on any atom is -0.367 e. The van der Waals surface area contributed by atoms with Gasteiger partial charge in [0.1, 0.15) is 16.1 Å². The van der Waals surface area contributed by atoms with Gasteiger partial charge in [0.25, 0.3) is 0 Å². The van der Waals surface area contributed by atoms with Gasteiger partial charge in [0, 0.05) is 12.3 Å². The van der Waals surface area contributed by atoms with Crippen LogP contribution in [0.25, 0.3) is 0 Å². The largest absolute Gasteiger partial charge is 0.367 e. The Hall–Kier alpha value is -0.260. The van der Waals surface area contributed by atoms with E-state index in [1.54, 1.807) is 0 Å². The van der Waals surface area contributed by atoms with Gasteiger partial charge in [0.2, 0.25) is 0 Å². The van der Waals surface area contributed by atoms with Crippen molar-refractivity contribution in [3.63, 3.8) is 0 Å². The van der Waals surface area contributed by atoms with E-state index in [9.17, 15) is 0 Å². The lowest BCUT2D eigenvalue weighted by Crippen LogP contribution is -2.35. The standard InChI is InChI=1S/C15H23BrN2OS/c1-4-19-15(8-6-5-7-9-15)14-17-12(10(2)3)11(16)13(20)18-14/h10H,4-9H2,1-3H3,(H,17,18,20). The molecule has 20 heavy (non-hydrogen) atoms. The van der Waals surface area contributed by atoms with Gasteiger partial charge in [-0.15, -0.1) is 0 Å². The molecule has 1 aromatic rings. The Labute approximate surface area is 134 Å². The highest BCUT2D eigenvalue weighted by molar-refractivity contribution is 9.10. The summed E-state index contributed by atoms with van der Waals surface area (Å²) in [7, 11) is 0. The number of halogens is 1. The molecule has 0 atom stereocenters. The van der Waals surface area contributed by atoms with Gasteiger partial charge in [-0.1, -0.05) is 45.3 Å². The van der Waals surface area contributed by atoms with Gasteiger partial charge in [-0.3, -0.25) is 0 Å². The van der Waals surface area contributed by atoms with Gasteiger partial charge < -0.3 is 9.72 Å². The summed E-state index contributed by atoms with van der Waals surface area (Å²) >= 11 is 8.97. The maximum absolute atomic E-state index is 6.13. The third kappa shape index (κ3) is 3.15. The number of hydrogen-bond donors (Lipinski definition) is 1. The zero-order valence-electron chi connectivity index (χ0n) is 12.5. The van der Waals surface area contributed by atoms with Gasteiger partial charge in [0.05, 0.1) is 4.47 Å². The number of nitrogens with zero attached hydrogens (tertiary/aromatic N) is 1. The molecule has 1 aromatic heterocycles. The monoisotopic (exact) mass is 358 g/mol. The first kappa shape index (κ1) is 16.1. The summed E-state index contributed by atoms with van der Waals surface area (Å²) in [6.45, 7) is 7.06. The Balaban J connectivity index is 2.51. The van der Waals surface area contributed by atoms with Crippen LogP contribution in [0.4, 0.5) is 0 Å². The molecule has 0 unspecified atom stereocenters. The van der Waals surface area contributed by atoms with E-state index in [1.165, 1.54) is 19.3 Å². The van der Waals surface area contributed by atoms with E-state index in [-0.39, 0.29) is 5.60 Å². The molecule has 1 saturated carbocycles. The first-order chi connectivity index (χ1) is 9.50. The van der Waals surface area contributed by atoms with Crippen LogP contribution in [-0.2, 0) is 10.3 Å². The summed E-state index contributed by atoms with van der Waals surface area (Å²) in [6, 6.07) is 0. The highest BCUT2D eigenvalue weighted by Crippen LogP contribution is 2.39. The molecule has 0 aliphatic heterocycles. The Morgan fingerprint density at radius 1 is 1.35 bits per heavy atom. The van der Waals surface area contributed by atoms with Gasteiger partial charge in [-0.05, 0) is 41.6 Å². The average molecular weight is 359 g/mol. The molecule has 5 heteroatoms. The highest BCUT2D eigenvalue weighted by Gasteiger charge is 2.37. The summed E-state index contributed by atoms with van der Waals surface area (Å²) in [5, 5.41) is 0. The summed E-state index contributed by atoms with van der Waals surface area (Å²) in [5.41, 5.74) is 0.843. The maximum Gasteiger partial charge on any atom is 0.144 e. The predicted octanol–water partition coefficient (Wildman–Crippen LogP) is 5.22. The molecule has 0 radical (unpaired) electrons. The highest BCUT2D eigenvalue weighted by atomic mass is 79.9. The fourth-order valence-corrected chi connectivity index (χ4v) is 3.79. The fraction of sp³-hybridized carbons (Fsp3) is 0.733. The maximum atomic E-state index is 6.13. The number of H-pyrrole nitrogens is 1. The molecule has 0 spiro atoms. The van der Waals surface area contributed by atoms with Crippen LogP contribution in [0.2, 0.25) is 0 Å².